The van der Waals surface area contributed by atoms with Gasteiger partial charge in [-0.05, 0) is 104 Å². The average Bonchev–Trinajstić information content (AvgIpc) is 2.97. The van der Waals surface area contributed by atoms with Gasteiger partial charge >= 0.3 is 0 Å². The minimum Gasteiger partial charge on any atom is -0.396 e. The lowest BCUT2D eigenvalue weighted by atomic mass is 9.46. The number of rotatable bonds is 4. The molecule has 2 heteroatoms. The van der Waals surface area contributed by atoms with E-state index in [0.29, 0.717) is 17.4 Å². The maximum atomic E-state index is 10.2. The van der Waals surface area contributed by atoms with Crippen LogP contribution in [-0.2, 0) is 0 Å². The van der Waals surface area contributed by atoms with Crippen LogP contribution in [0.3, 0.4) is 0 Å². The van der Waals surface area contributed by atoms with E-state index < -0.39 is 0 Å². The Bertz CT molecular complexity index is 542. The number of hydrogen-bond acceptors (Lipinski definition) is 2. The fraction of sp³-hybridized carbons (Fsp3) is 0.917. The van der Waals surface area contributed by atoms with Crippen LogP contribution in [0.1, 0.15) is 78.6 Å². The second kappa shape index (κ2) is 6.92. The first-order chi connectivity index (χ1) is 12.4. The van der Waals surface area contributed by atoms with Gasteiger partial charge in [-0.15, -0.1) is 0 Å². The second-order valence-electron chi connectivity index (χ2n) is 10.8. The van der Waals surface area contributed by atoms with Gasteiger partial charge in [0.15, 0.2) is 0 Å². The van der Waals surface area contributed by atoms with Crippen molar-refractivity contribution in [2.45, 2.75) is 84.7 Å². The van der Waals surface area contributed by atoms with Crippen LogP contribution in [0.5, 0.6) is 0 Å². The van der Waals surface area contributed by atoms with Crippen molar-refractivity contribution in [2.75, 3.05) is 6.61 Å². The second-order valence-corrected chi connectivity index (χ2v) is 10.8. The summed E-state index contributed by atoms with van der Waals surface area (Å²) in [4.78, 5) is 0. The van der Waals surface area contributed by atoms with Crippen LogP contribution in [0.25, 0.3) is 0 Å². The zero-order valence-corrected chi connectivity index (χ0v) is 17.2. The lowest BCUT2D eigenvalue weighted by Crippen LogP contribution is -2.52. The van der Waals surface area contributed by atoms with Crippen LogP contribution >= 0.6 is 0 Å². The zero-order chi connectivity index (χ0) is 18.5. The highest BCUT2D eigenvalue weighted by molar-refractivity contribution is 5.20. The van der Waals surface area contributed by atoms with E-state index in [4.69, 9.17) is 0 Å². The molecule has 0 unspecified atom stereocenters. The van der Waals surface area contributed by atoms with Crippen molar-refractivity contribution in [1.82, 2.24) is 0 Å². The van der Waals surface area contributed by atoms with Crippen molar-refractivity contribution in [1.29, 1.82) is 0 Å². The van der Waals surface area contributed by atoms with Crippen LogP contribution in [0.4, 0.5) is 0 Å². The number of allylic oxidation sites excluding steroid dienone is 2. The Morgan fingerprint density at radius 3 is 2.69 bits per heavy atom. The van der Waals surface area contributed by atoms with Crippen molar-refractivity contribution < 1.29 is 10.2 Å². The van der Waals surface area contributed by atoms with E-state index >= 15 is 0 Å². The highest BCUT2D eigenvalue weighted by Crippen LogP contribution is 2.66. The Hall–Kier alpha value is -0.340. The lowest BCUT2D eigenvalue weighted by molar-refractivity contribution is -0.0822. The van der Waals surface area contributed by atoms with Crippen molar-refractivity contribution in [3.8, 4) is 0 Å². The summed E-state index contributed by atoms with van der Waals surface area (Å²) >= 11 is 0. The van der Waals surface area contributed by atoms with Gasteiger partial charge in [-0.25, -0.2) is 0 Å². The third-order valence-electron chi connectivity index (χ3n) is 9.65. The van der Waals surface area contributed by atoms with Crippen LogP contribution in [0, 0.1) is 46.3 Å². The van der Waals surface area contributed by atoms with Gasteiger partial charge in [-0.3, -0.25) is 0 Å². The van der Waals surface area contributed by atoms with E-state index in [-0.39, 0.29) is 6.10 Å². The maximum Gasteiger partial charge on any atom is 0.0543 e. The Morgan fingerprint density at radius 1 is 1.12 bits per heavy atom. The Kier molecular flexibility index (Phi) is 5.06. The molecule has 4 rings (SSSR count). The van der Waals surface area contributed by atoms with E-state index in [0.717, 1.165) is 54.8 Å². The predicted octanol–water partition coefficient (Wildman–Crippen LogP) is 5.19. The molecule has 0 heterocycles. The van der Waals surface area contributed by atoms with Crippen LogP contribution in [-0.4, -0.2) is 22.9 Å². The smallest absolute Gasteiger partial charge is 0.0543 e. The third-order valence-corrected chi connectivity index (χ3v) is 9.65. The molecule has 0 aromatic rings. The summed E-state index contributed by atoms with van der Waals surface area (Å²) in [6.07, 6.45) is 16.1. The van der Waals surface area contributed by atoms with E-state index in [9.17, 15) is 10.2 Å². The summed E-state index contributed by atoms with van der Waals surface area (Å²) in [6, 6.07) is 0. The van der Waals surface area contributed by atoms with E-state index in [1.807, 2.05) is 0 Å². The molecule has 148 valence electrons. The Morgan fingerprint density at radius 2 is 1.92 bits per heavy atom. The molecular formula is C24H40O2. The largest absolute Gasteiger partial charge is 0.396 e. The number of aliphatic hydroxyl groups is 2. The van der Waals surface area contributed by atoms with E-state index in [2.05, 4.69) is 32.9 Å². The zero-order valence-electron chi connectivity index (χ0n) is 17.2. The number of aliphatic hydroxyl groups excluding tert-OH is 2. The van der Waals surface area contributed by atoms with Gasteiger partial charge in [0, 0.05) is 6.61 Å². The Balaban J connectivity index is 1.58. The molecule has 4 aliphatic carbocycles. The average molecular weight is 361 g/mol. The molecule has 9 atom stereocenters. The molecule has 0 spiro atoms. The van der Waals surface area contributed by atoms with Gasteiger partial charge < -0.3 is 10.2 Å². The van der Waals surface area contributed by atoms with Gasteiger partial charge in [0.1, 0.15) is 0 Å². The molecule has 0 aromatic heterocycles. The quantitative estimate of drug-likeness (QED) is 0.677. The molecule has 0 aliphatic heterocycles. The van der Waals surface area contributed by atoms with Crippen molar-refractivity contribution in [3.63, 3.8) is 0 Å². The minimum atomic E-state index is -0.0503. The standard InChI is InChI=1S/C24H40O2/c1-16(5-4-14-25)20-8-9-21-19-7-6-17-15-18(26)10-12-23(17,2)22(19)11-13-24(20,21)3/h11,13,16-22,25-26H,4-10,12,14-15H2,1-3H3/t16-,17+,18-,19+,20-,21+,22+,23+,24-/m1/s1. The summed E-state index contributed by atoms with van der Waals surface area (Å²) in [6.45, 7) is 7.86. The van der Waals surface area contributed by atoms with Crippen LogP contribution < -0.4 is 0 Å². The summed E-state index contributed by atoms with van der Waals surface area (Å²) in [5.41, 5.74) is 0.786. The molecular weight excluding hydrogens is 320 g/mol. The number of hydrogen-bond donors (Lipinski definition) is 2. The molecule has 0 amide bonds. The lowest BCUT2D eigenvalue weighted by Gasteiger charge is -2.58. The van der Waals surface area contributed by atoms with Crippen LogP contribution in [0.2, 0.25) is 0 Å². The first-order valence-electron chi connectivity index (χ1n) is 11.4. The maximum absolute atomic E-state index is 10.2. The van der Waals surface area contributed by atoms with Crippen LogP contribution in [0.15, 0.2) is 12.2 Å². The van der Waals surface area contributed by atoms with Gasteiger partial charge in [0.25, 0.3) is 0 Å². The molecule has 3 saturated carbocycles. The third kappa shape index (κ3) is 2.82. The van der Waals surface area contributed by atoms with Gasteiger partial charge in [-0.1, -0.05) is 32.9 Å². The van der Waals surface area contributed by atoms with Gasteiger partial charge in [0.2, 0.25) is 0 Å². The molecule has 0 bridgehead atoms. The number of fused-ring (bicyclic) bond motifs is 5. The predicted molar refractivity (Wildman–Crippen MR) is 107 cm³/mol. The summed E-state index contributed by atoms with van der Waals surface area (Å²) < 4.78 is 0. The highest BCUT2D eigenvalue weighted by atomic mass is 16.3. The fourth-order valence-corrected chi connectivity index (χ4v) is 8.16. The molecule has 0 saturated heterocycles. The molecule has 0 radical (unpaired) electrons. The minimum absolute atomic E-state index is 0.0503. The summed E-state index contributed by atoms with van der Waals surface area (Å²) in [5.74, 6) is 4.67. The SMILES string of the molecule is C[C@H](CCCO)[C@H]1CC[C@H]2[C@@H]3CC[C@H]4C[C@H](O)CC[C@]4(C)[C@H]3C=C[C@]12C. The van der Waals surface area contributed by atoms with Crippen molar-refractivity contribution >= 4 is 0 Å². The molecule has 4 aliphatic rings. The summed E-state index contributed by atoms with van der Waals surface area (Å²) in [7, 11) is 0. The topological polar surface area (TPSA) is 40.5 Å². The molecule has 3 fully saturated rings. The molecule has 2 nitrogen and oxygen atoms in total. The molecule has 26 heavy (non-hydrogen) atoms. The normalized spacial score (nSPS) is 51.4. The first-order valence-corrected chi connectivity index (χ1v) is 11.4. The van der Waals surface area contributed by atoms with Crippen molar-refractivity contribution in [2.24, 2.45) is 46.3 Å². The van der Waals surface area contributed by atoms with E-state index in [1.54, 1.807) is 0 Å². The monoisotopic (exact) mass is 360 g/mol. The summed E-state index contributed by atoms with van der Waals surface area (Å²) in [5, 5.41) is 19.4. The van der Waals surface area contributed by atoms with Gasteiger partial charge in [0.05, 0.1) is 6.10 Å². The fourth-order valence-electron chi connectivity index (χ4n) is 8.16. The van der Waals surface area contributed by atoms with Gasteiger partial charge in [-0.2, -0.15) is 0 Å². The molecule has 0 aromatic carbocycles. The Labute approximate surface area is 160 Å². The highest BCUT2D eigenvalue weighted by Gasteiger charge is 2.58. The first kappa shape index (κ1) is 19.0. The molecule has 2 N–H and O–H groups in total. The van der Waals surface area contributed by atoms with E-state index in [1.165, 1.54) is 38.5 Å². The van der Waals surface area contributed by atoms with Crippen molar-refractivity contribution in [3.05, 3.63) is 12.2 Å².